The standard InChI is InChI=1S/C15H16N4O2S2/c1-19(2)15-18-14-11(23-15)7-10(22-14)13(20)17-8-9-4-5-16-12(6-9)21-3/h4-7H,8H2,1-3H3,(H,17,20). The maximum absolute atomic E-state index is 12.3. The van der Waals surface area contributed by atoms with Crippen LogP contribution in [0.5, 0.6) is 5.88 Å². The third-order valence-electron chi connectivity index (χ3n) is 3.15. The largest absolute Gasteiger partial charge is 0.481 e. The van der Waals surface area contributed by atoms with Crippen molar-refractivity contribution in [2.75, 3.05) is 26.1 Å². The Morgan fingerprint density at radius 3 is 2.87 bits per heavy atom. The van der Waals surface area contributed by atoms with Crippen molar-refractivity contribution in [2.45, 2.75) is 6.54 Å². The molecule has 1 N–H and O–H groups in total. The molecular formula is C15H16N4O2S2. The van der Waals surface area contributed by atoms with Crippen molar-refractivity contribution < 1.29 is 9.53 Å². The quantitative estimate of drug-likeness (QED) is 0.768. The smallest absolute Gasteiger partial charge is 0.261 e. The highest BCUT2D eigenvalue weighted by atomic mass is 32.1. The van der Waals surface area contributed by atoms with Gasteiger partial charge < -0.3 is 15.0 Å². The Morgan fingerprint density at radius 2 is 2.17 bits per heavy atom. The molecule has 3 heterocycles. The van der Waals surface area contributed by atoms with E-state index >= 15 is 0 Å². The van der Waals surface area contributed by atoms with Crippen LogP contribution >= 0.6 is 22.7 Å². The Balaban J connectivity index is 1.69. The molecule has 3 aromatic rings. The van der Waals surface area contributed by atoms with E-state index in [0.29, 0.717) is 17.3 Å². The van der Waals surface area contributed by atoms with Gasteiger partial charge >= 0.3 is 0 Å². The molecule has 8 heteroatoms. The first-order valence-corrected chi connectivity index (χ1v) is 8.55. The molecule has 0 unspecified atom stereocenters. The van der Waals surface area contributed by atoms with E-state index in [2.05, 4.69) is 15.3 Å². The maximum Gasteiger partial charge on any atom is 0.261 e. The molecule has 0 aromatic carbocycles. The lowest BCUT2D eigenvalue weighted by Crippen LogP contribution is -2.21. The van der Waals surface area contributed by atoms with E-state index in [1.54, 1.807) is 30.7 Å². The van der Waals surface area contributed by atoms with Gasteiger partial charge in [-0.25, -0.2) is 9.97 Å². The van der Waals surface area contributed by atoms with Crippen LogP contribution in [0.25, 0.3) is 9.53 Å². The van der Waals surface area contributed by atoms with Gasteiger partial charge in [-0.05, 0) is 17.7 Å². The van der Waals surface area contributed by atoms with Gasteiger partial charge in [-0.1, -0.05) is 11.3 Å². The summed E-state index contributed by atoms with van der Waals surface area (Å²) in [5.41, 5.74) is 0.941. The van der Waals surface area contributed by atoms with Crippen LogP contribution in [0.15, 0.2) is 24.4 Å². The highest BCUT2D eigenvalue weighted by Gasteiger charge is 2.14. The van der Waals surface area contributed by atoms with Crippen LogP contribution in [0.2, 0.25) is 0 Å². The van der Waals surface area contributed by atoms with Gasteiger partial charge in [0.25, 0.3) is 5.91 Å². The lowest BCUT2D eigenvalue weighted by Gasteiger charge is -2.06. The molecule has 120 valence electrons. The number of hydrogen-bond donors (Lipinski definition) is 1. The predicted octanol–water partition coefficient (Wildman–Crippen LogP) is 2.76. The number of carbonyl (C=O) groups is 1. The van der Waals surface area contributed by atoms with Gasteiger partial charge in [-0.15, -0.1) is 11.3 Å². The summed E-state index contributed by atoms with van der Waals surface area (Å²) >= 11 is 2.99. The first kappa shape index (κ1) is 15.7. The Labute approximate surface area is 141 Å². The van der Waals surface area contributed by atoms with Crippen molar-refractivity contribution in [2.24, 2.45) is 0 Å². The second-order valence-corrected chi connectivity index (χ2v) is 7.10. The van der Waals surface area contributed by atoms with Crippen molar-refractivity contribution in [1.29, 1.82) is 0 Å². The number of aromatic nitrogens is 2. The molecule has 1 amide bonds. The minimum absolute atomic E-state index is 0.0950. The molecule has 0 fully saturated rings. The van der Waals surface area contributed by atoms with Crippen molar-refractivity contribution in [3.05, 3.63) is 34.8 Å². The topological polar surface area (TPSA) is 67.3 Å². The van der Waals surface area contributed by atoms with E-state index in [1.807, 2.05) is 31.1 Å². The number of thiazole rings is 1. The molecule has 0 saturated heterocycles. The van der Waals surface area contributed by atoms with Crippen LogP contribution in [-0.4, -0.2) is 37.1 Å². The van der Waals surface area contributed by atoms with Crippen LogP contribution in [0.4, 0.5) is 5.13 Å². The summed E-state index contributed by atoms with van der Waals surface area (Å²) < 4.78 is 6.11. The third kappa shape index (κ3) is 3.43. The number of rotatable bonds is 5. The number of carbonyl (C=O) groups excluding carboxylic acids is 1. The number of thiophene rings is 1. The van der Waals surface area contributed by atoms with Crippen LogP contribution in [-0.2, 0) is 6.54 Å². The van der Waals surface area contributed by atoms with Crippen LogP contribution < -0.4 is 15.0 Å². The normalized spacial score (nSPS) is 10.7. The van der Waals surface area contributed by atoms with Gasteiger partial charge in [0.2, 0.25) is 5.88 Å². The number of nitrogens with zero attached hydrogens (tertiary/aromatic N) is 3. The number of anilines is 1. The SMILES string of the molecule is COc1cc(CNC(=O)c2cc3sc(N(C)C)nc3s2)ccn1. The summed E-state index contributed by atoms with van der Waals surface area (Å²) in [5.74, 6) is 0.441. The van der Waals surface area contributed by atoms with Crippen LogP contribution in [0.1, 0.15) is 15.2 Å². The fourth-order valence-corrected chi connectivity index (χ4v) is 4.02. The number of ether oxygens (including phenoxy) is 1. The molecule has 0 aliphatic heterocycles. The molecule has 3 aromatic heterocycles. The molecule has 0 radical (unpaired) electrons. The number of nitrogens with one attached hydrogen (secondary N) is 1. The van der Waals surface area contributed by atoms with E-state index in [0.717, 1.165) is 20.2 Å². The Hall–Kier alpha value is -2.19. The van der Waals surface area contributed by atoms with Gasteiger partial charge in [0, 0.05) is 32.9 Å². The molecule has 0 spiro atoms. The van der Waals surface area contributed by atoms with Crippen LogP contribution in [0.3, 0.4) is 0 Å². The second kappa shape index (κ2) is 6.51. The molecule has 0 aliphatic carbocycles. The fraction of sp³-hybridized carbons (Fsp3) is 0.267. The predicted molar refractivity (Wildman–Crippen MR) is 93.8 cm³/mol. The summed E-state index contributed by atoms with van der Waals surface area (Å²) in [6.07, 6.45) is 1.66. The number of amides is 1. The van der Waals surface area contributed by atoms with Gasteiger partial charge in [0.1, 0.15) is 4.83 Å². The fourth-order valence-electron chi connectivity index (χ4n) is 1.97. The zero-order chi connectivity index (χ0) is 16.4. The Morgan fingerprint density at radius 1 is 1.35 bits per heavy atom. The van der Waals surface area contributed by atoms with Crippen molar-refractivity contribution in [1.82, 2.24) is 15.3 Å². The minimum Gasteiger partial charge on any atom is -0.481 e. The second-order valence-electron chi connectivity index (χ2n) is 5.06. The number of hydrogen-bond acceptors (Lipinski definition) is 7. The number of fused-ring (bicyclic) bond motifs is 1. The molecule has 23 heavy (non-hydrogen) atoms. The van der Waals surface area contributed by atoms with Gasteiger partial charge in [-0.3, -0.25) is 4.79 Å². The Kier molecular flexibility index (Phi) is 4.44. The van der Waals surface area contributed by atoms with Gasteiger partial charge in [0.15, 0.2) is 5.13 Å². The maximum atomic E-state index is 12.3. The van der Waals surface area contributed by atoms with E-state index < -0.39 is 0 Å². The number of methoxy groups -OCH3 is 1. The van der Waals surface area contributed by atoms with Crippen molar-refractivity contribution >= 4 is 43.2 Å². The monoisotopic (exact) mass is 348 g/mol. The van der Waals surface area contributed by atoms with E-state index in [4.69, 9.17) is 4.74 Å². The van der Waals surface area contributed by atoms with Crippen molar-refractivity contribution in [3.8, 4) is 5.88 Å². The lowest BCUT2D eigenvalue weighted by atomic mass is 10.2. The summed E-state index contributed by atoms with van der Waals surface area (Å²) in [4.78, 5) is 24.4. The summed E-state index contributed by atoms with van der Waals surface area (Å²) in [6, 6.07) is 5.55. The average molecular weight is 348 g/mol. The van der Waals surface area contributed by atoms with E-state index in [9.17, 15) is 4.79 Å². The van der Waals surface area contributed by atoms with E-state index in [1.165, 1.54) is 11.3 Å². The average Bonchev–Trinajstić information content (AvgIpc) is 3.11. The number of pyridine rings is 1. The minimum atomic E-state index is -0.0950. The molecular weight excluding hydrogens is 332 g/mol. The third-order valence-corrected chi connectivity index (χ3v) is 5.47. The summed E-state index contributed by atoms with van der Waals surface area (Å²) in [6.45, 7) is 0.430. The highest BCUT2D eigenvalue weighted by molar-refractivity contribution is 7.29. The van der Waals surface area contributed by atoms with Gasteiger partial charge in [-0.2, -0.15) is 0 Å². The van der Waals surface area contributed by atoms with Crippen molar-refractivity contribution in [3.63, 3.8) is 0 Å². The Bertz CT molecular complexity index is 809. The zero-order valence-corrected chi connectivity index (χ0v) is 14.6. The first-order chi connectivity index (χ1) is 11.1. The molecule has 6 nitrogen and oxygen atoms in total. The van der Waals surface area contributed by atoms with Crippen LogP contribution in [0, 0.1) is 0 Å². The highest BCUT2D eigenvalue weighted by Crippen LogP contribution is 2.33. The molecule has 3 rings (SSSR count). The molecule has 0 atom stereocenters. The zero-order valence-electron chi connectivity index (χ0n) is 13.0. The summed E-state index contributed by atoms with van der Waals surface area (Å²) in [7, 11) is 5.48. The molecule has 0 bridgehead atoms. The molecule has 0 aliphatic rings. The van der Waals surface area contributed by atoms with Gasteiger partial charge in [0.05, 0.1) is 16.7 Å². The summed E-state index contributed by atoms with van der Waals surface area (Å²) in [5, 5.41) is 3.86. The molecule has 0 saturated carbocycles. The van der Waals surface area contributed by atoms with E-state index in [-0.39, 0.29) is 5.91 Å². The lowest BCUT2D eigenvalue weighted by molar-refractivity contribution is 0.0955. The first-order valence-electron chi connectivity index (χ1n) is 6.91.